The quantitative estimate of drug-likeness (QED) is 0.0679. The second-order valence-corrected chi connectivity index (χ2v) is 11.0. The molecule has 3 aromatic carbocycles. The van der Waals surface area contributed by atoms with Crippen molar-refractivity contribution in [1.82, 2.24) is 0 Å². The lowest BCUT2D eigenvalue weighted by Gasteiger charge is -2.21. The molecule has 1 N–H and O–H groups in total. The highest BCUT2D eigenvalue weighted by atomic mass is 16.6. The van der Waals surface area contributed by atoms with Crippen LogP contribution in [0, 0.1) is 5.41 Å². The van der Waals surface area contributed by atoms with Gasteiger partial charge in [0.05, 0.1) is 17.7 Å². The van der Waals surface area contributed by atoms with Crippen LogP contribution in [0.2, 0.25) is 0 Å². The highest BCUT2D eigenvalue weighted by Gasteiger charge is 2.18. The van der Waals surface area contributed by atoms with Crippen molar-refractivity contribution in [1.29, 1.82) is 5.41 Å². The SMILES string of the molecule is C=CC(=O)OCC(COc1ccc(C(=O)Oc2ccc(CCOC(=O)c3ccc(OC(C)(C)C)cc3)cc2C=N)cc1)OC(=O)C=C. The lowest BCUT2D eigenvalue weighted by Crippen LogP contribution is -2.30. The van der Waals surface area contributed by atoms with Crippen LogP contribution in [0.3, 0.4) is 0 Å². The van der Waals surface area contributed by atoms with Crippen molar-refractivity contribution < 1.29 is 47.6 Å². The largest absolute Gasteiger partial charge is 0.490 e. The van der Waals surface area contributed by atoms with Crippen molar-refractivity contribution in [2.24, 2.45) is 0 Å². The Labute approximate surface area is 273 Å². The molecule has 3 rings (SSSR count). The molecule has 246 valence electrons. The van der Waals surface area contributed by atoms with Gasteiger partial charge in [-0.1, -0.05) is 19.2 Å². The number of benzene rings is 3. The molecule has 0 radical (unpaired) electrons. The third-order valence-corrected chi connectivity index (χ3v) is 6.12. The Morgan fingerprint density at radius 3 is 2.00 bits per heavy atom. The third-order valence-electron chi connectivity index (χ3n) is 6.12. The number of carbonyl (C=O) groups is 4. The summed E-state index contributed by atoms with van der Waals surface area (Å²) in [4.78, 5) is 48.2. The summed E-state index contributed by atoms with van der Waals surface area (Å²) < 4.78 is 32.4. The van der Waals surface area contributed by atoms with Gasteiger partial charge in [0.25, 0.3) is 0 Å². The van der Waals surface area contributed by atoms with E-state index in [0.29, 0.717) is 29.0 Å². The van der Waals surface area contributed by atoms with Crippen LogP contribution in [-0.2, 0) is 30.2 Å². The molecule has 0 saturated heterocycles. The molecule has 3 aromatic rings. The fourth-order valence-electron chi connectivity index (χ4n) is 3.91. The summed E-state index contributed by atoms with van der Waals surface area (Å²) in [7, 11) is 0. The van der Waals surface area contributed by atoms with E-state index in [2.05, 4.69) is 13.2 Å². The highest BCUT2D eigenvalue weighted by Crippen LogP contribution is 2.22. The fourth-order valence-corrected chi connectivity index (χ4v) is 3.91. The topological polar surface area (TPSA) is 148 Å². The van der Waals surface area contributed by atoms with E-state index in [1.165, 1.54) is 24.3 Å². The standard InChI is InChI=1S/C36H37NO10/c1-6-32(38)44-23-30(45-33(39)7-2)22-43-28-13-9-26(10-14-28)35(41)46-31-17-8-24(20-27(31)21-37)18-19-42-34(40)25-11-15-29(16-12-25)47-36(3,4)5/h6-17,20-21,30,37H,1-2,18-19,22-23H2,3-5H3. The van der Waals surface area contributed by atoms with Gasteiger partial charge >= 0.3 is 23.9 Å². The maximum Gasteiger partial charge on any atom is 0.343 e. The van der Waals surface area contributed by atoms with Gasteiger partial charge in [-0.3, -0.25) is 0 Å². The number of hydrogen-bond donors (Lipinski definition) is 1. The zero-order valence-electron chi connectivity index (χ0n) is 26.5. The average Bonchev–Trinajstić information content (AvgIpc) is 3.05. The Morgan fingerprint density at radius 2 is 1.40 bits per heavy atom. The molecule has 11 nitrogen and oxygen atoms in total. The van der Waals surface area contributed by atoms with Crippen molar-refractivity contribution in [3.63, 3.8) is 0 Å². The smallest absolute Gasteiger partial charge is 0.343 e. The van der Waals surface area contributed by atoms with Crippen LogP contribution in [0.15, 0.2) is 92.0 Å². The van der Waals surface area contributed by atoms with Gasteiger partial charge in [-0.2, -0.15) is 0 Å². The zero-order chi connectivity index (χ0) is 34.4. The van der Waals surface area contributed by atoms with Crippen molar-refractivity contribution in [2.45, 2.75) is 38.9 Å². The Kier molecular flexibility index (Phi) is 13.0. The van der Waals surface area contributed by atoms with Crippen LogP contribution in [0.25, 0.3) is 0 Å². The summed E-state index contributed by atoms with van der Waals surface area (Å²) in [6, 6.07) is 17.7. The lowest BCUT2D eigenvalue weighted by molar-refractivity contribution is -0.154. The predicted molar refractivity (Wildman–Crippen MR) is 173 cm³/mol. The molecule has 0 aliphatic heterocycles. The molecule has 47 heavy (non-hydrogen) atoms. The summed E-state index contributed by atoms with van der Waals surface area (Å²) >= 11 is 0. The second kappa shape index (κ2) is 17.1. The van der Waals surface area contributed by atoms with Crippen LogP contribution in [0.5, 0.6) is 17.2 Å². The maximum atomic E-state index is 12.8. The van der Waals surface area contributed by atoms with Gasteiger partial charge in [0, 0.05) is 30.4 Å². The fraction of sp³-hybridized carbons (Fsp3) is 0.250. The molecule has 0 aliphatic rings. The first-order chi connectivity index (χ1) is 22.4. The summed E-state index contributed by atoms with van der Waals surface area (Å²) in [6.07, 6.45) is 2.50. The van der Waals surface area contributed by atoms with E-state index in [0.717, 1.165) is 23.9 Å². The van der Waals surface area contributed by atoms with Gasteiger partial charge in [-0.15, -0.1) is 0 Å². The van der Waals surface area contributed by atoms with Gasteiger partial charge in [0.1, 0.15) is 36.1 Å². The minimum Gasteiger partial charge on any atom is -0.490 e. The van der Waals surface area contributed by atoms with Crippen molar-refractivity contribution >= 4 is 30.1 Å². The van der Waals surface area contributed by atoms with E-state index < -0.39 is 30.0 Å². The molecule has 0 amide bonds. The summed E-state index contributed by atoms with van der Waals surface area (Å²) in [6.45, 7) is 12.2. The number of rotatable bonds is 16. The molecule has 11 heteroatoms. The van der Waals surface area contributed by atoms with E-state index in [1.807, 2.05) is 20.8 Å². The zero-order valence-corrected chi connectivity index (χ0v) is 26.5. The number of carbonyl (C=O) groups excluding carboxylic acids is 4. The Morgan fingerprint density at radius 1 is 0.787 bits per heavy atom. The number of nitrogens with one attached hydrogen (secondary N) is 1. The summed E-state index contributed by atoms with van der Waals surface area (Å²) in [5, 5.41) is 7.79. The van der Waals surface area contributed by atoms with E-state index in [4.69, 9.17) is 33.8 Å². The van der Waals surface area contributed by atoms with Gasteiger partial charge in [-0.25, -0.2) is 19.2 Å². The minimum absolute atomic E-state index is 0.113. The van der Waals surface area contributed by atoms with Crippen LogP contribution in [-0.4, -0.2) is 61.6 Å². The van der Waals surface area contributed by atoms with Crippen molar-refractivity contribution in [3.05, 3.63) is 114 Å². The Bertz CT molecular complexity index is 1590. The molecule has 0 aliphatic carbocycles. The maximum absolute atomic E-state index is 12.8. The molecule has 0 bridgehead atoms. The van der Waals surface area contributed by atoms with Crippen LogP contribution < -0.4 is 14.2 Å². The van der Waals surface area contributed by atoms with Gasteiger partial charge in [0.15, 0.2) is 6.10 Å². The van der Waals surface area contributed by atoms with E-state index >= 15 is 0 Å². The number of hydrogen-bond acceptors (Lipinski definition) is 11. The van der Waals surface area contributed by atoms with Crippen LogP contribution in [0.4, 0.5) is 0 Å². The van der Waals surface area contributed by atoms with E-state index in [-0.39, 0.29) is 36.7 Å². The lowest BCUT2D eigenvalue weighted by atomic mass is 10.1. The first-order valence-electron chi connectivity index (χ1n) is 14.6. The third kappa shape index (κ3) is 12.0. The average molecular weight is 644 g/mol. The first kappa shape index (κ1) is 35.8. The Hall–Kier alpha value is -5.71. The number of ether oxygens (including phenoxy) is 6. The molecular formula is C36H37NO10. The first-order valence-corrected chi connectivity index (χ1v) is 14.6. The number of esters is 4. The highest BCUT2D eigenvalue weighted by molar-refractivity contribution is 5.93. The van der Waals surface area contributed by atoms with Crippen LogP contribution in [0.1, 0.15) is 52.6 Å². The minimum atomic E-state index is -0.908. The molecular weight excluding hydrogens is 606 g/mol. The second-order valence-electron chi connectivity index (χ2n) is 11.0. The predicted octanol–water partition coefficient (Wildman–Crippen LogP) is 5.69. The molecule has 0 aromatic heterocycles. The van der Waals surface area contributed by atoms with E-state index in [9.17, 15) is 19.2 Å². The molecule has 0 saturated carbocycles. The molecule has 1 unspecified atom stereocenters. The van der Waals surface area contributed by atoms with Gasteiger partial charge in [-0.05, 0) is 87.0 Å². The van der Waals surface area contributed by atoms with E-state index in [1.54, 1.807) is 42.5 Å². The van der Waals surface area contributed by atoms with Gasteiger partial charge in [0.2, 0.25) is 0 Å². The Balaban J connectivity index is 1.53. The molecule has 1 atom stereocenters. The van der Waals surface area contributed by atoms with Crippen molar-refractivity contribution in [2.75, 3.05) is 19.8 Å². The molecule has 0 heterocycles. The molecule has 0 fully saturated rings. The van der Waals surface area contributed by atoms with Gasteiger partial charge < -0.3 is 33.8 Å². The van der Waals surface area contributed by atoms with Crippen LogP contribution >= 0.6 is 0 Å². The normalized spacial score (nSPS) is 11.3. The van der Waals surface area contributed by atoms with Crippen molar-refractivity contribution in [3.8, 4) is 17.2 Å². The summed E-state index contributed by atoms with van der Waals surface area (Å²) in [5.41, 5.74) is 1.42. The molecule has 0 spiro atoms. The summed E-state index contributed by atoms with van der Waals surface area (Å²) in [5.74, 6) is -1.32. The monoisotopic (exact) mass is 643 g/mol.